The van der Waals surface area contributed by atoms with Crippen molar-refractivity contribution in [2.75, 3.05) is 6.26 Å². The zero-order chi connectivity index (χ0) is 17.3. The molecule has 0 bridgehead atoms. The van der Waals surface area contributed by atoms with Gasteiger partial charge >= 0.3 is 0 Å². The minimum absolute atomic E-state index is 0.356. The van der Waals surface area contributed by atoms with Crippen LogP contribution in [0, 0.1) is 0 Å². The minimum Gasteiger partial charge on any atom is -0.227 e. The molecule has 2 rings (SSSR count). The van der Waals surface area contributed by atoms with Crippen molar-refractivity contribution in [1.82, 2.24) is 0 Å². The Labute approximate surface area is 139 Å². The Balaban J connectivity index is 2.45. The third-order valence-corrected chi connectivity index (χ3v) is 14.8. The van der Waals surface area contributed by atoms with Crippen LogP contribution in [0.2, 0.25) is 0 Å². The van der Waals surface area contributed by atoms with Crippen molar-refractivity contribution in [3.05, 3.63) is 0 Å². The summed E-state index contributed by atoms with van der Waals surface area (Å²) < 4.78 is 73.5. The number of sulfone groups is 3. The van der Waals surface area contributed by atoms with Crippen LogP contribution in [0.3, 0.4) is 0 Å². The molecule has 2 aliphatic carbocycles. The van der Waals surface area contributed by atoms with Crippen LogP contribution in [0.4, 0.5) is 0 Å². The first kappa shape index (κ1) is 19.2. The molecular formula is C14H26O6S3. The fourth-order valence-electron chi connectivity index (χ4n) is 3.78. The highest BCUT2D eigenvalue weighted by Crippen LogP contribution is 2.35. The molecule has 0 radical (unpaired) electrons. The van der Waals surface area contributed by atoms with Gasteiger partial charge in [-0.1, -0.05) is 38.5 Å². The van der Waals surface area contributed by atoms with Gasteiger partial charge in [-0.25, -0.2) is 25.3 Å². The summed E-state index contributed by atoms with van der Waals surface area (Å²) in [6, 6.07) is 0. The van der Waals surface area contributed by atoms with Crippen molar-refractivity contribution in [2.24, 2.45) is 0 Å². The molecule has 0 N–H and O–H groups in total. The van der Waals surface area contributed by atoms with Gasteiger partial charge in [0.05, 0.1) is 10.5 Å². The molecule has 9 heteroatoms. The van der Waals surface area contributed by atoms with Crippen LogP contribution in [0.25, 0.3) is 0 Å². The highest BCUT2D eigenvalue weighted by molar-refractivity contribution is 8.24. The highest BCUT2D eigenvalue weighted by atomic mass is 32.3. The van der Waals surface area contributed by atoms with Gasteiger partial charge < -0.3 is 0 Å². The summed E-state index contributed by atoms with van der Waals surface area (Å²) in [6.45, 7) is 0. The zero-order valence-corrected chi connectivity index (χ0v) is 15.9. The molecule has 136 valence electrons. The van der Waals surface area contributed by atoms with Gasteiger partial charge in [0.15, 0.2) is 29.5 Å². The largest absolute Gasteiger partial charge is 0.262 e. The van der Waals surface area contributed by atoms with Gasteiger partial charge in [-0.3, -0.25) is 0 Å². The number of hydrogen-bond donors (Lipinski definition) is 0. The monoisotopic (exact) mass is 386 g/mol. The predicted molar refractivity (Wildman–Crippen MR) is 90.2 cm³/mol. The van der Waals surface area contributed by atoms with E-state index in [0.29, 0.717) is 51.4 Å². The van der Waals surface area contributed by atoms with Crippen LogP contribution in [-0.2, 0) is 29.5 Å². The molecule has 0 aliphatic heterocycles. The fourth-order valence-corrected chi connectivity index (χ4v) is 13.7. The molecule has 0 aromatic rings. The Bertz CT molecular complexity index is 660. The average Bonchev–Trinajstić information content (AvgIpc) is 2.47. The van der Waals surface area contributed by atoms with Crippen LogP contribution in [0.1, 0.15) is 64.2 Å². The maximum atomic E-state index is 12.9. The summed E-state index contributed by atoms with van der Waals surface area (Å²) >= 11 is 0. The molecule has 0 spiro atoms. The highest BCUT2D eigenvalue weighted by Gasteiger charge is 2.52. The molecule has 0 atom stereocenters. The Morgan fingerprint density at radius 3 is 1.17 bits per heavy atom. The first-order valence-electron chi connectivity index (χ1n) is 8.22. The summed E-state index contributed by atoms with van der Waals surface area (Å²) in [5.74, 6) is 0. The summed E-state index contributed by atoms with van der Waals surface area (Å²) in [5.41, 5.74) is 0. The normalized spacial score (nSPS) is 23.2. The molecule has 2 aliphatic rings. The SMILES string of the molecule is CS(=O)(=O)C(S(=O)(=O)C1CCCCC1)S(=O)(=O)C1CCCCC1. The van der Waals surface area contributed by atoms with Gasteiger partial charge in [0.2, 0.25) is 0 Å². The van der Waals surface area contributed by atoms with Gasteiger partial charge in [0.1, 0.15) is 0 Å². The quantitative estimate of drug-likeness (QED) is 0.714. The van der Waals surface area contributed by atoms with Crippen LogP contribution in [0.15, 0.2) is 0 Å². The number of hydrogen-bond acceptors (Lipinski definition) is 6. The summed E-state index contributed by atoms with van der Waals surface area (Å²) in [5, 5.41) is -1.70. The summed E-state index contributed by atoms with van der Waals surface area (Å²) in [6.07, 6.45) is 6.77. The molecule has 0 saturated heterocycles. The van der Waals surface area contributed by atoms with E-state index in [1.165, 1.54) is 0 Å². The Morgan fingerprint density at radius 1 is 0.609 bits per heavy atom. The van der Waals surface area contributed by atoms with Crippen LogP contribution in [0.5, 0.6) is 0 Å². The second-order valence-corrected chi connectivity index (χ2v) is 14.5. The Kier molecular flexibility index (Phi) is 5.83. The second-order valence-electron chi connectivity index (χ2n) is 6.82. The number of rotatable bonds is 5. The van der Waals surface area contributed by atoms with Crippen molar-refractivity contribution in [3.8, 4) is 0 Å². The average molecular weight is 387 g/mol. The second kappa shape index (κ2) is 7.00. The lowest BCUT2D eigenvalue weighted by Gasteiger charge is -2.30. The standard InChI is InChI=1S/C14H26O6S3/c1-21(15,16)14(22(17,18)12-8-4-2-5-9-12)23(19,20)13-10-6-3-7-11-13/h12-14H,2-11H2,1H3. The lowest BCUT2D eigenvalue weighted by molar-refractivity contribution is 0.476. The van der Waals surface area contributed by atoms with E-state index in [4.69, 9.17) is 0 Å². The summed E-state index contributed by atoms with van der Waals surface area (Å²) in [7, 11) is -12.8. The molecule has 6 nitrogen and oxygen atoms in total. The Morgan fingerprint density at radius 2 is 0.913 bits per heavy atom. The van der Waals surface area contributed by atoms with E-state index in [1.54, 1.807) is 0 Å². The van der Waals surface area contributed by atoms with Crippen LogP contribution < -0.4 is 0 Å². The molecule has 0 heterocycles. The lowest BCUT2D eigenvalue weighted by atomic mass is 10.0. The maximum absolute atomic E-state index is 12.9. The third-order valence-electron chi connectivity index (χ3n) is 4.92. The van der Waals surface area contributed by atoms with E-state index < -0.39 is 43.9 Å². The van der Waals surface area contributed by atoms with Crippen molar-refractivity contribution in [3.63, 3.8) is 0 Å². The third kappa shape index (κ3) is 4.10. The molecule has 0 aromatic heterocycles. The van der Waals surface area contributed by atoms with Crippen molar-refractivity contribution >= 4 is 29.5 Å². The van der Waals surface area contributed by atoms with Gasteiger partial charge in [-0.15, -0.1) is 0 Å². The van der Waals surface area contributed by atoms with E-state index in [-0.39, 0.29) is 0 Å². The molecule has 23 heavy (non-hydrogen) atoms. The topological polar surface area (TPSA) is 102 Å². The molecular weight excluding hydrogens is 360 g/mol. The molecule has 2 fully saturated rings. The molecule has 0 unspecified atom stereocenters. The Hall–Kier alpha value is -0.150. The lowest BCUT2D eigenvalue weighted by Crippen LogP contribution is -2.47. The predicted octanol–water partition coefficient (Wildman–Crippen LogP) is 1.81. The van der Waals surface area contributed by atoms with Crippen molar-refractivity contribution < 1.29 is 25.3 Å². The van der Waals surface area contributed by atoms with E-state index in [2.05, 4.69) is 0 Å². The maximum Gasteiger partial charge on any atom is 0.262 e. The van der Waals surface area contributed by atoms with E-state index >= 15 is 0 Å². The smallest absolute Gasteiger partial charge is 0.227 e. The van der Waals surface area contributed by atoms with E-state index in [1.807, 2.05) is 0 Å². The first-order valence-corrected chi connectivity index (χ1v) is 13.4. The molecule has 2 saturated carbocycles. The van der Waals surface area contributed by atoms with Gasteiger partial charge in [-0.2, -0.15) is 0 Å². The van der Waals surface area contributed by atoms with Crippen molar-refractivity contribution in [1.29, 1.82) is 0 Å². The van der Waals surface area contributed by atoms with Crippen LogP contribution >= 0.6 is 0 Å². The van der Waals surface area contributed by atoms with Gasteiger partial charge in [0, 0.05) is 6.26 Å². The fraction of sp³-hybridized carbons (Fsp3) is 1.00. The molecule has 0 aromatic carbocycles. The van der Waals surface area contributed by atoms with Crippen molar-refractivity contribution in [2.45, 2.75) is 78.6 Å². The molecule has 0 amide bonds. The summed E-state index contributed by atoms with van der Waals surface area (Å²) in [4.78, 5) is 0. The van der Waals surface area contributed by atoms with E-state index in [0.717, 1.165) is 19.1 Å². The minimum atomic E-state index is -4.26. The zero-order valence-electron chi connectivity index (χ0n) is 13.5. The van der Waals surface area contributed by atoms with Gasteiger partial charge in [-0.05, 0) is 25.7 Å². The van der Waals surface area contributed by atoms with E-state index in [9.17, 15) is 25.3 Å². The van der Waals surface area contributed by atoms with Crippen LogP contribution in [-0.4, -0.2) is 45.9 Å². The van der Waals surface area contributed by atoms with Gasteiger partial charge in [0.25, 0.3) is 3.91 Å². The first-order chi connectivity index (χ1) is 10.6.